The monoisotopic (exact) mass is 256 g/mol. The number of benzene rings is 1. The van der Waals surface area contributed by atoms with Gasteiger partial charge in [-0.05, 0) is 18.2 Å². The Balaban J connectivity index is 2.44. The number of nitrogens with one attached hydrogen (secondary N) is 2. The summed E-state index contributed by atoms with van der Waals surface area (Å²) in [6.07, 6.45) is 1.44. The molecule has 1 aromatic rings. The van der Waals surface area contributed by atoms with Gasteiger partial charge < -0.3 is 5.32 Å². The molecule has 0 aliphatic carbocycles. The molecular formula is C10H6Cl2N2O2. The van der Waals surface area contributed by atoms with Crippen LogP contribution in [0, 0.1) is 0 Å². The molecule has 1 saturated heterocycles. The van der Waals surface area contributed by atoms with Crippen LogP contribution in [0.1, 0.15) is 5.56 Å². The summed E-state index contributed by atoms with van der Waals surface area (Å²) in [6.45, 7) is 0. The lowest BCUT2D eigenvalue weighted by Crippen LogP contribution is -2.22. The van der Waals surface area contributed by atoms with E-state index >= 15 is 0 Å². The maximum Gasteiger partial charge on any atom is 0.326 e. The van der Waals surface area contributed by atoms with Crippen LogP contribution in [-0.2, 0) is 4.79 Å². The van der Waals surface area contributed by atoms with Gasteiger partial charge in [0.15, 0.2) is 0 Å². The summed E-state index contributed by atoms with van der Waals surface area (Å²) >= 11 is 11.8. The van der Waals surface area contributed by atoms with Crippen molar-refractivity contribution in [1.29, 1.82) is 0 Å². The van der Waals surface area contributed by atoms with Crippen molar-refractivity contribution >= 4 is 41.2 Å². The molecule has 16 heavy (non-hydrogen) atoms. The van der Waals surface area contributed by atoms with E-state index in [1.807, 2.05) is 0 Å². The Morgan fingerprint density at radius 2 is 1.69 bits per heavy atom. The first-order chi connectivity index (χ1) is 7.58. The molecule has 3 amide bonds. The van der Waals surface area contributed by atoms with Crippen molar-refractivity contribution in [3.05, 3.63) is 39.5 Å². The zero-order valence-electron chi connectivity index (χ0n) is 7.88. The number of halogens is 2. The van der Waals surface area contributed by atoms with E-state index in [4.69, 9.17) is 23.2 Å². The molecule has 1 aliphatic rings. The number of carbonyl (C=O) groups excluding carboxylic acids is 2. The van der Waals surface area contributed by atoms with Gasteiger partial charge in [-0.1, -0.05) is 29.3 Å². The molecule has 6 heteroatoms. The Hall–Kier alpha value is -1.52. The number of hydrogen-bond acceptors (Lipinski definition) is 2. The molecule has 0 bridgehead atoms. The molecule has 0 radical (unpaired) electrons. The zero-order valence-corrected chi connectivity index (χ0v) is 9.39. The van der Waals surface area contributed by atoms with Gasteiger partial charge in [0, 0.05) is 15.6 Å². The predicted molar refractivity (Wildman–Crippen MR) is 61.1 cm³/mol. The van der Waals surface area contributed by atoms with E-state index in [0.29, 0.717) is 15.6 Å². The lowest BCUT2D eigenvalue weighted by molar-refractivity contribution is -0.115. The fourth-order valence-electron chi connectivity index (χ4n) is 1.28. The smallest absolute Gasteiger partial charge is 0.303 e. The van der Waals surface area contributed by atoms with Crippen molar-refractivity contribution in [3.63, 3.8) is 0 Å². The molecule has 82 valence electrons. The van der Waals surface area contributed by atoms with E-state index in [-0.39, 0.29) is 5.70 Å². The average molecular weight is 257 g/mol. The molecule has 1 fully saturated rings. The third kappa shape index (κ3) is 2.03. The summed E-state index contributed by atoms with van der Waals surface area (Å²) < 4.78 is 0. The summed E-state index contributed by atoms with van der Waals surface area (Å²) in [6, 6.07) is 4.43. The summed E-state index contributed by atoms with van der Waals surface area (Å²) in [5.41, 5.74) is 0.623. The average Bonchev–Trinajstić information content (AvgIpc) is 2.51. The van der Waals surface area contributed by atoms with E-state index in [2.05, 4.69) is 10.6 Å². The highest BCUT2D eigenvalue weighted by Gasteiger charge is 2.23. The Kier molecular flexibility index (Phi) is 2.85. The van der Waals surface area contributed by atoms with Gasteiger partial charge in [0.05, 0.1) is 0 Å². The second kappa shape index (κ2) is 4.15. The molecule has 4 nitrogen and oxygen atoms in total. The molecular weight excluding hydrogens is 251 g/mol. The molecule has 2 N–H and O–H groups in total. The predicted octanol–water partition coefficient (Wildman–Crippen LogP) is 2.17. The normalized spacial score (nSPS) is 17.5. The van der Waals surface area contributed by atoms with Crippen molar-refractivity contribution in [2.75, 3.05) is 0 Å². The Bertz CT molecular complexity index is 491. The minimum Gasteiger partial charge on any atom is -0.303 e. The van der Waals surface area contributed by atoms with Gasteiger partial charge in [0.25, 0.3) is 5.91 Å². The lowest BCUT2D eigenvalue weighted by Gasteiger charge is -2.01. The largest absolute Gasteiger partial charge is 0.326 e. The fourth-order valence-corrected chi connectivity index (χ4v) is 1.78. The highest BCUT2D eigenvalue weighted by Crippen LogP contribution is 2.26. The Labute approximate surface area is 101 Å². The minimum atomic E-state index is -0.556. The SMILES string of the molecule is O=C1NC(=O)/C(=C/c2c(Cl)cccc2Cl)N1. The van der Waals surface area contributed by atoms with Gasteiger partial charge >= 0.3 is 6.03 Å². The first kappa shape index (κ1) is 11.0. The number of amides is 3. The van der Waals surface area contributed by atoms with Crippen LogP contribution in [0.3, 0.4) is 0 Å². The summed E-state index contributed by atoms with van der Waals surface area (Å²) in [4.78, 5) is 22.1. The van der Waals surface area contributed by atoms with Crippen LogP contribution < -0.4 is 10.6 Å². The first-order valence-corrected chi connectivity index (χ1v) is 5.11. The molecule has 0 saturated carbocycles. The highest BCUT2D eigenvalue weighted by molar-refractivity contribution is 6.37. The van der Waals surface area contributed by atoms with Crippen LogP contribution in [0.2, 0.25) is 10.0 Å². The van der Waals surface area contributed by atoms with Crippen LogP contribution in [-0.4, -0.2) is 11.9 Å². The lowest BCUT2D eigenvalue weighted by atomic mass is 10.2. The maximum atomic E-state index is 11.3. The van der Waals surface area contributed by atoms with Crippen molar-refractivity contribution in [1.82, 2.24) is 10.6 Å². The summed E-state index contributed by atoms with van der Waals surface area (Å²) in [5, 5.41) is 5.26. The molecule has 0 atom stereocenters. The number of hydrogen-bond donors (Lipinski definition) is 2. The Morgan fingerprint density at radius 3 is 2.19 bits per heavy atom. The second-order valence-corrected chi connectivity index (χ2v) is 3.92. The number of imide groups is 1. The van der Waals surface area contributed by atoms with Gasteiger partial charge in [0.1, 0.15) is 5.70 Å². The van der Waals surface area contributed by atoms with Gasteiger partial charge in [0.2, 0.25) is 0 Å². The standard InChI is InChI=1S/C10H6Cl2N2O2/c11-6-2-1-3-7(12)5(6)4-8-9(15)14-10(16)13-8/h1-4H,(H2,13,14,15,16)/b8-4-. The van der Waals surface area contributed by atoms with Gasteiger partial charge in [-0.2, -0.15) is 0 Å². The van der Waals surface area contributed by atoms with E-state index < -0.39 is 11.9 Å². The van der Waals surface area contributed by atoms with E-state index in [0.717, 1.165) is 0 Å². The minimum absolute atomic E-state index is 0.125. The van der Waals surface area contributed by atoms with Gasteiger partial charge in [-0.15, -0.1) is 0 Å². The van der Waals surface area contributed by atoms with Crippen molar-refractivity contribution in [2.45, 2.75) is 0 Å². The van der Waals surface area contributed by atoms with Crippen molar-refractivity contribution in [2.24, 2.45) is 0 Å². The molecule has 2 rings (SSSR count). The topological polar surface area (TPSA) is 58.2 Å². The van der Waals surface area contributed by atoms with Crippen molar-refractivity contribution < 1.29 is 9.59 Å². The first-order valence-electron chi connectivity index (χ1n) is 4.36. The molecule has 1 aromatic carbocycles. The fraction of sp³-hybridized carbons (Fsp3) is 0. The molecule has 0 spiro atoms. The molecule has 0 aromatic heterocycles. The zero-order chi connectivity index (χ0) is 11.7. The van der Waals surface area contributed by atoms with E-state index in [9.17, 15) is 9.59 Å². The molecule has 1 aliphatic heterocycles. The quantitative estimate of drug-likeness (QED) is 0.598. The number of urea groups is 1. The van der Waals surface area contributed by atoms with Gasteiger partial charge in [-0.3, -0.25) is 10.1 Å². The van der Waals surface area contributed by atoms with E-state index in [1.165, 1.54) is 6.08 Å². The second-order valence-electron chi connectivity index (χ2n) is 3.10. The number of rotatable bonds is 1. The summed E-state index contributed by atoms with van der Waals surface area (Å²) in [5.74, 6) is -0.499. The number of carbonyl (C=O) groups is 2. The van der Waals surface area contributed by atoms with Crippen LogP contribution in [0.5, 0.6) is 0 Å². The van der Waals surface area contributed by atoms with Crippen molar-refractivity contribution in [3.8, 4) is 0 Å². The van der Waals surface area contributed by atoms with Crippen LogP contribution >= 0.6 is 23.2 Å². The summed E-state index contributed by atoms with van der Waals surface area (Å²) in [7, 11) is 0. The van der Waals surface area contributed by atoms with E-state index in [1.54, 1.807) is 18.2 Å². The van der Waals surface area contributed by atoms with Gasteiger partial charge in [-0.25, -0.2) is 4.79 Å². The van der Waals surface area contributed by atoms with Crippen LogP contribution in [0.25, 0.3) is 6.08 Å². The maximum absolute atomic E-state index is 11.3. The third-order valence-corrected chi connectivity index (χ3v) is 2.67. The third-order valence-electron chi connectivity index (χ3n) is 2.01. The molecule has 1 heterocycles. The van der Waals surface area contributed by atoms with Crippen LogP contribution in [0.15, 0.2) is 23.9 Å². The van der Waals surface area contributed by atoms with Crippen LogP contribution in [0.4, 0.5) is 4.79 Å². The highest BCUT2D eigenvalue weighted by atomic mass is 35.5. The Morgan fingerprint density at radius 1 is 1.06 bits per heavy atom. The molecule has 0 unspecified atom stereocenters.